The summed E-state index contributed by atoms with van der Waals surface area (Å²) in [4.78, 5) is 0. The summed E-state index contributed by atoms with van der Waals surface area (Å²) in [6.45, 7) is 2.45. The van der Waals surface area contributed by atoms with E-state index in [1.807, 2.05) is 0 Å². The second kappa shape index (κ2) is 6.44. The van der Waals surface area contributed by atoms with E-state index in [1.165, 1.54) is 12.1 Å². The van der Waals surface area contributed by atoms with Gasteiger partial charge >= 0.3 is 0 Å². The summed E-state index contributed by atoms with van der Waals surface area (Å²) >= 11 is 0. The molecule has 0 aliphatic carbocycles. The van der Waals surface area contributed by atoms with Crippen LogP contribution in [0.15, 0.2) is 12.1 Å². The van der Waals surface area contributed by atoms with Gasteiger partial charge in [0.1, 0.15) is 11.6 Å². The summed E-state index contributed by atoms with van der Waals surface area (Å²) in [5, 5.41) is 0. The minimum absolute atomic E-state index is 0.0207. The normalized spacial score (nSPS) is 20.7. The van der Waals surface area contributed by atoms with Gasteiger partial charge in [0.05, 0.1) is 6.10 Å². The van der Waals surface area contributed by atoms with Crippen molar-refractivity contribution in [1.82, 2.24) is 0 Å². The molecule has 0 spiro atoms. The van der Waals surface area contributed by atoms with Crippen LogP contribution in [0.1, 0.15) is 49.3 Å². The van der Waals surface area contributed by atoms with E-state index in [0.717, 1.165) is 32.3 Å². The molecule has 1 aliphatic rings. The number of aryl methyl sites for hydroxylation is 1. The van der Waals surface area contributed by atoms with Crippen molar-refractivity contribution in [2.75, 3.05) is 6.61 Å². The first-order valence-electron chi connectivity index (χ1n) is 6.91. The lowest BCUT2D eigenvalue weighted by molar-refractivity contribution is 0.101. The monoisotopic (exact) mass is 269 g/mol. The van der Waals surface area contributed by atoms with Crippen LogP contribution in [-0.2, 0) is 4.74 Å². The van der Waals surface area contributed by atoms with Gasteiger partial charge in [-0.1, -0.05) is 6.07 Å². The predicted molar refractivity (Wildman–Crippen MR) is 70.8 cm³/mol. The molecule has 1 heterocycles. The zero-order valence-electron chi connectivity index (χ0n) is 11.3. The van der Waals surface area contributed by atoms with Crippen LogP contribution in [0.25, 0.3) is 0 Å². The van der Waals surface area contributed by atoms with Crippen LogP contribution in [0.3, 0.4) is 0 Å². The van der Waals surface area contributed by atoms with Crippen LogP contribution in [0.4, 0.5) is 8.78 Å². The molecule has 0 radical (unpaired) electrons. The van der Waals surface area contributed by atoms with Crippen molar-refractivity contribution in [2.24, 2.45) is 5.73 Å². The second-order valence-electron chi connectivity index (χ2n) is 5.26. The smallest absolute Gasteiger partial charge is 0.133 e. The maximum absolute atomic E-state index is 13.9. The molecule has 2 N–H and O–H groups in total. The van der Waals surface area contributed by atoms with Gasteiger partial charge in [-0.3, -0.25) is 0 Å². The van der Waals surface area contributed by atoms with Crippen molar-refractivity contribution in [2.45, 2.75) is 51.2 Å². The SMILES string of the molecule is Cc1ccc(F)c(C(N)CCCC2CCCO2)c1F. The van der Waals surface area contributed by atoms with Crippen molar-refractivity contribution in [1.29, 1.82) is 0 Å². The van der Waals surface area contributed by atoms with Gasteiger partial charge in [0.2, 0.25) is 0 Å². The summed E-state index contributed by atoms with van der Waals surface area (Å²) in [6.07, 6.45) is 4.83. The Kier molecular flexibility index (Phi) is 4.88. The van der Waals surface area contributed by atoms with E-state index in [0.29, 0.717) is 18.1 Å². The summed E-state index contributed by atoms with van der Waals surface area (Å²) < 4.78 is 33.1. The molecule has 2 nitrogen and oxygen atoms in total. The van der Waals surface area contributed by atoms with Crippen molar-refractivity contribution < 1.29 is 13.5 Å². The van der Waals surface area contributed by atoms with Crippen molar-refractivity contribution in [3.8, 4) is 0 Å². The lowest BCUT2D eigenvalue weighted by Gasteiger charge is -2.16. The highest BCUT2D eigenvalue weighted by Gasteiger charge is 2.20. The Labute approximate surface area is 112 Å². The molecule has 0 bridgehead atoms. The zero-order chi connectivity index (χ0) is 13.8. The van der Waals surface area contributed by atoms with E-state index in [-0.39, 0.29) is 5.56 Å². The van der Waals surface area contributed by atoms with Gasteiger partial charge in [-0.05, 0) is 50.7 Å². The third-order valence-electron chi connectivity index (χ3n) is 3.76. The van der Waals surface area contributed by atoms with E-state index in [4.69, 9.17) is 10.5 Å². The number of halogens is 2. The molecule has 1 aromatic rings. The highest BCUT2D eigenvalue weighted by Crippen LogP contribution is 2.26. The first-order chi connectivity index (χ1) is 9.09. The maximum Gasteiger partial charge on any atom is 0.133 e. The van der Waals surface area contributed by atoms with E-state index >= 15 is 0 Å². The molecule has 0 saturated carbocycles. The molecule has 1 aliphatic heterocycles. The molecule has 0 amide bonds. The van der Waals surface area contributed by atoms with Crippen LogP contribution >= 0.6 is 0 Å². The Morgan fingerprint density at radius 2 is 2.21 bits per heavy atom. The highest BCUT2D eigenvalue weighted by atomic mass is 19.1. The number of rotatable bonds is 5. The van der Waals surface area contributed by atoms with E-state index in [9.17, 15) is 8.78 Å². The first-order valence-corrected chi connectivity index (χ1v) is 6.91. The topological polar surface area (TPSA) is 35.2 Å². The molecule has 106 valence electrons. The van der Waals surface area contributed by atoms with E-state index in [2.05, 4.69) is 0 Å². The van der Waals surface area contributed by atoms with Crippen LogP contribution in [-0.4, -0.2) is 12.7 Å². The minimum Gasteiger partial charge on any atom is -0.378 e. The number of nitrogens with two attached hydrogens (primary N) is 1. The van der Waals surface area contributed by atoms with Crippen LogP contribution in [0.2, 0.25) is 0 Å². The van der Waals surface area contributed by atoms with Crippen molar-refractivity contribution in [3.05, 3.63) is 34.9 Å². The molecule has 0 aromatic heterocycles. The fourth-order valence-electron chi connectivity index (χ4n) is 2.60. The van der Waals surface area contributed by atoms with Gasteiger partial charge in [-0.25, -0.2) is 8.78 Å². The predicted octanol–water partition coefficient (Wildman–Crippen LogP) is 3.62. The van der Waals surface area contributed by atoms with Crippen molar-refractivity contribution >= 4 is 0 Å². The summed E-state index contributed by atoms with van der Waals surface area (Å²) in [5.41, 5.74) is 6.39. The quantitative estimate of drug-likeness (QED) is 0.886. The third-order valence-corrected chi connectivity index (χ3v) is 3.76. The van der Waals surface area contributed by atoms with Gasteiger partial charge in [-0.2, -0.15) is 0 Å². The van der Waals surface area contributed by atoms with Gasteiger partial charge in [0.25, 0.3) is 0 Å². The summed E-state index contributed by atoms with van der Waals surface area (Å²) in [7, 11) is 0. The fraction of sp³-hybridized carbons (Fsp3) is 0.600. The second-order valence-corrected chi connectivity index (χ2v) is 5.26. The summed E-state index contributed by atoms with van der Waals surface area (Å²) in [5.74, 6) is -1.06. The molecular weight excluding hydrogens is 248 g/mol. The van der Waals surface area contributed by atoms with Crippen LogP contribution < -0.4 is 5.73 Å². The Hall–Kier alpha value is -1.00. The lowest BCUT2D eigenvalue weighted by atomic mass is 9.97. The van der Waals surface area contributed by atoms with Crippen molar-refractivity contribution in [3.63, 3.8) is 0 Å². The molecule has 1 fully saturated rings. The van der Waals surface area contributed by atoms with Crippen LogP contribution in [0, 0.1) is 18.6 Å². The molecular formula is C15H21F2NO. The number of hydrogen-bond donors (Lipinski definition) is 1. The van der Waals surface area contributed by atoms with Gasteiger partial charge in [0, 0.05) is 18.2 Å². The Balaban J connectivity index is 1.92. The number of hydrogen-bond acceptors (Lipinski definition) is 2. The van der Waals surface area contributed by atoms with E-state index in [1.54, 1.807) is 6.92 Å². The molecule has 2 unspecified atom stereocenters. The summed E-state index contributed by atoms with van der Waals surface area (Å²) in [6, 6.07) is 2.14. The Bertz CT molecular complexity index is 430. The molecule has 4 heteroatoms. The average Bonchev–Trinajstić information content (AvgIpc) is 2.87. The molecule has 19 heavy (non-hydrogen) atoms. The van der Waals surface area contributed by atoms with Crippen LogP contribution in [0.5, 0.6) is 0 Å². The largest absolute Gasteiger partial charge is 0.378 e. The van der Waals surface area contributed by atoms with Gasteiger partial charge in [-0.15, -0.1) is 0 Å². The third kappa shape index (κ3) is 3.51. The molecule has 2 rings (SSSR count). The molecule has 1 aromatic carbocycles. The standard InChI is InChI=1S/C15H21F2NO/c1-10-7-8-12(16)14(15(10)17)13(18)6-2-4-11-5-3-9-19-11/h7-8,11,13H,2-6,9,18H2,1H3. The highest BCUT2D eigenvalue weighted by molar-refractivity contribution is 5.28. The maximum atomic E-state index is 13.9. The Morgan fingerprint density at radius 3 is 2.89 bits per heavy atom. The number of ether oxygens (including phenoxy) is 1. The zero-order valence-corrected chi connectivity index (χ0v) is 11.3. The molecule has 1 saturated heterocycles. The first kappa shape index (κ1) is 14.4. The minimum atomic E-state index is -0.582. The van der Waals surface area contributed by atoms with Gasteiger partial charge < -0.3 is 10.5 Å². The Morgan fingerprint density at radius 1 is 1.42 bits per heavy atom. The lowest BCUT2D eigenvalue weighted by Crippen LogP contribution is -2.16. The van der Waals surface area contributed by atoms with Gasteiger partial charge in [0.15, 0.2) is 0 Å². The number of benzene rings is 1. The van der Waals surface area contributed by atoms with E-state index < -0.39 is 17.7 Å². The average molecular weight is 269 g/mol. The fourth-order valence-corrected chi connectivity index (χ4v) is 2.60. The molecule has 2 atom stereocenters.